The maximum Gasteiger partial charge on any atom is 0.257 e. The molecule has 0 heterocycles. The molecule has 0 bridgehead atoms. The summed E-state index contributed by atoms with van der Waals surface area (Å²) in [5.74, 6) is -0.402. The highest BCUT2D eigenvalue weighted by molar-refractivity contribution is 6.44. The quantitative estimate of drug-likeness (QED) is 0.761. The fourth-order valence-corrected chi connectivity index (χ4v) is 2.09. The Balaban J connectivity index is 2.23. The maximum atomic E-state index is 12.1. The number of amides is 1. The van der Waals surface area contributed by atoms with Crippen molar-refractivity contribution < 1.29 is 9.90 Å². The van der Waals surface area contributed by atoms with Crippen LogP contribution in [0.5, 0.6) is 0 Å². The molecule has 0 saturated heterocycles. The number of rotatable bonds is 3. The van der Waals surface area contributed by atoms with Gasteiger partial charge in [-0.15, -0.1) is 0 Å². The fraction of sp³-hybridized carbons (Fsp3) is 0.0714. The van der Waals surface area contributed by atoms with Gasteiger partial charge in [0.1, 0.15) is 0 Å². The summed E-state index contributed by atoms with van der Waals surface area (Å²) in [7, 11) is 0. The number of carbonyl (C=O) groups excluding carboxylic acids is 1. The monoisotopic (exact) mass is 310 g/mol. The molecule has 4 nitrogen and oxygen atoms in total. The number of hydrogen-bond donors (Lipinski definition) is 3. The first-order chi connectivity index (χ1) is 9.51. The van der Waals surface area contributed by atoms with Crippen LogP contribution in [-0.2, 0) is 6.61 Å². The van der Waals surface area contributed by atoms with Crippen molar-refractivity contribution in [1.29, 1.82) is 0 Å². The van der Waals surface area contributed by atoms with Gasteiger partial charge in [0.05, 0.1) is 22.2 Å². The van der Waals surface area contributed by atoms with E-state index < -0.39 is 5.91 Å². The lowest BCUT2D eigenvalue weighted by atomic mass is 10.1. The number of hydrogen-bond acceptors (Lipinski definition) is 3. The molecular formula is C14H12Cl2N2O2. The molecule has 0 aliphatic rings. The van der Waals surface area contributed by atoms with Crippen LogP contribution in [-0.4, -0.2) is 11.0 Å². The van der Waals surface area contributed by atoms with Crippen molar-refractivity contribution in [3.05, 3.63) is 57.6 Å². The molecule has 6 heteroatoms. The van der Waals surface area contributed by atoms with Crippen LogP contribution in [0.2, 0.25) is 10.0 Å². The largest absolute Gasteiger partial charge is 0.399 e. The molecule has 2 aromatic rings. The van der Waals surface area contributed by atoms with E-state index in [0.717, 1.165) is 5.56 Å². The highest BCUT2D eigenvalue weighted by Crippen LogP contribution is 2.29. The SMILES string of the molecule is Nc1cc(Cl)c(Cl)c(C(=O)Nc2ccc(CO)cc2)c1. The molecule has 0 saturated carbocycles. The minimum atomic E-state index is -0.402. The van der Waals surface area contributed by atoms with Gasteiger partial charge in [0.2, 0.25) is 0 Å². The Morgan fingerprint density at radius 1 is 1.20 bits per heavy atom. The van der Waals surface area contributed by atoms with E-state index in [1.54, 1.807) is 24.3 Å². The number of aliphatic hydroxyl groups is 1. The summed E-state index contributed by atoms with van der Waals surface area (Å²) in [4.78, 5) is 12.1. The fourth-order valence-electron chi connectivity index (χ4n) is 1.67. The van der Waals surface area contributed by atoms with Crippen LogP contribution in [0.4, 0.5) is 11.4 Å². The predicted octanol–water partition coefficient (Wildman–Crippen LogP) is 3.32. The predicted molar refractivity (Wildman–Crippen MR) is 81.2 cm³/mol. The standard InChI is InChI=1S/C14H12Cl2N2O2/c15-12-6-9(17)5-11(13(12)16)14(20)18-10-3-1-8(7-19)2-4-10/h1-6,19H,7,17H2,(H,18,20). The second-order valence-corrected chi connectivity index (χ2v) is 4.96. The van der Waals surface area contributed by atoms with Gasteiger partial charge >= 0.3 is 0 Å². The molecule has 0 aliphatic heterocycles. The molecule has 1 amide bonds. The van der Waals surface area contributed by atoms with E-state index in [1.165, 1.54) is 12.1 Å². The summed E-state index contributed by atoms with van der Waals surface area (Å²) in [5, 5.41) is 12.0. The molecule has 0 spiro atoms. The molecule has 0 atom stereocenters. The van der Waals surface area contributed by atoms with E-state index in [4.69, 9.17) is 34.0 Å². The van der Waals surface area contributed by atoms with Crippen molar-refractivity contribution in [3.63, 3.8) is 0 Å². The Bertz CT molecular complexity index is 642. The normalized spacial score (nSPS) is 10.3. The van der Waals surface area contributed by atoms with Crippen molar-refractivity contribution in [1.82, 2.24) is 0 Å². The van der Waals surface area contributed by atoms with Crippen molar-refractivity contribution in [2.24, 2.45) is 0 Å². The number of benzene rings is 2. The lowest BCUT2D eigenvalue weighted by Gasteiger charge is -2.09. The van der Waals surface area contributed by atoms with Gasteiger partial charge in [-0.25, -0.2) is 0 Å². The number of carbonyl (C=O) groups is 1. The second-order valence-electron chi connectivity index (χ2n) is 4.17. The lowest BCUT2D eigenvalue weighted by molar-refractivity contribution is 0.102. The molecule has 0 aromatic heterocycles. The van der Waals surface area contributed by atoms with E-state index in [1.807, 2.05) is 0 Å². The van der Waals surface area contributed by atoms with Gasteiger partial charge in [-0.05, 0) is 29.8 Å². The Labute approximate surface area is 126 Å². The van der Waals surface area contributed by atoms with E-state index >= 15 is 0 Å². The van der Waals surface area contributed by atoms with E-state index in [0.29, 0.717) is 11.4 Å². The Kier molecular flexibility index (Phi) is 4.49. The van der Waals surface area contributed by atoms with Crippen LogP contribution in [0.1, 0.15) is 15.9 Å². The van der Waals surface area contributed by atoms with Crippen LogP contribution >= 0.6 is 23.2 Å². The maximum absolute atomic E-state index is 12.1. The minimum Gasteiger partial charge on any atom is -0.399 e. The Hall–Kier alpha value is -1.75. The number of anilines is 2. The van der Waals surface area contributed by atoms with Crippen molar-refractivity contribution >= 4 is 40.5 Å². The zero-order valence-corrected chi connectivity index (χ0v) is 11.9. The van der Waals surface area contributed by atoms with Gasteiger partial charge < -0.3 is 16.2 Å². The number of nitrogen functional groups attached to an aromatic ring is 1. The van der Waals surface area contributed by atoms with Gasteiger partial charge in [0.15, 0.2) is 0 Å². The van der Waals surface area contributed by atoms with Gasteiger partial charge in [0, 0.05) is 11.4 Å². The third-order valence-corrected chi connectivity index (χ3v) is 3.49. The average Bonchev–Trinajstić information content (AvgIpc) is 2.43. The average molecular weight is 311 g/mol. The third-order valence-electron chi connectivity index (χ3n) is 2.69. The van der Waals surface area contributed by atoms with Gasteiger partial charge in [-0.3, -0.25) is 4.79 Å². The summed E-state index contributed by atoms with van der Waals surface area (Å²) in [6, 6.07) is 9.74. The molecular weight excluding hydrogens is 299 g/mol. The first kappa shape index (κ1) is 14.7. The van der Waals surface area contributed by atoms with Crippen molar-refractivity contribution in [3.8, 4) is 0 Å². The van der Waals surface area contributed by atoms with E-state index in [2.05, 4.69) is 5.32 Å². The highest BCUT2D eigenvalue weighted by atomic mass is 35.5. The van der Waals surface area contributed by atoms with E-state index in [9.17, 15) is 4.79 Å². The summed E-state index contributed by atoms with van der Waals surface area (Å²) >= 11 is 11.9. The van der Waals surface area contributed by atoms with Crippen LogP contribution in [0.15, 0.2) is 36.4 Å². The van der Waals surface area contributed by atoms with Crippen molar-refractivity contribution in [2.45, 2.75) is 6.61 Å². The second kappa shape index (κ2) is 6.13. The first-order valence-electron chi connectivity index (χ1n) is 5.77. The molecule has 2 aromatic carbocycles. The van der Waals surface area contributed by atoms with Crippen LogP contribution in [0, 0.1) is 0 Å². The number of nitrogens with one attached hydrogen (secondary N) is 1. The van der Waals surface area contributed by atoms with Gasteiger partial charge in [-0.1, -0.05) is 35.3 Å². The van der Waals surface area contributed by atoms with Crippen LogP contribution < -0.4 is 11.1 Å². The number of halogens is 2. The Morgan fingerprint density at radius 2 is 1.85 bits per heavy atom. The summed E-state index contributed by atoms with van der Waals surface area (Å²) in [6.45, 7) is -0.0507. The number of nitrogens with two attached hydrogens (primary N) is 1. The highest BCUT2D eigenvalue weighted by Gasteiger charge is 2.14. The summed E-state index contributed by atoms with van der Waals surface area (Å²) in [5.41, 5.74) is 7.56. The molecule has 2 rings (SSSR count). The third kappa shape index (κ3) is 3.22. The molecule has 104 valence electrons. The van der Waals surface area contributed by atoms with E-state index in [-0.39, 0.29) is 22.2 Å². The molecule has 20 heavy (non-hydrogen) atoms. The van der Waals surface area contributed by atoms with Crippen LogP contribution in [0.3, 0.4) is 0 Å². The molecule has 0 unspecified atom stereocenters. The van der Waals surface area contributed by atoms with Gasteiger partial charge in [0.25, 0.3) is 5.91 Å². The van der Waals surface area contributed by atoms with Gasteiger partial charge in [-0.2, -0.15) is 0 Å². The zero-order chi connectivity index (χ0) is 14.7. The number of aliphatic hydroxyl groups excluding tert-OH is 1. The molecule has 0 aliphatic carbocycles. The first-order valence-corrected chi connectivity index (χ1v) is 6.52. The summed E-state index contributed by atoms with van der Waals surface area (Å²) in [6.07, 6.45) is 0. The lowest BCUT2D eigenvalue weighted by Crippen LogP contribution is -2.13. The summed E-state index contributed by atoms with van der Waals surface area (Å²) < 4.78 is 0. The Morgan fingerprint density at radius 3 is 2.45 bits per heavy atom. The minimum absolute atomic E-state index is 0.0507. The molecule has 4 N–H and O–H groups in total. The topological polar surface area (TPSA) is 75.4 Å². The smallest absolute Gasteiger partial charge is 0.257 e. The molecule has 0 radical (unpaired) electrons. The molecule has 0 fully saturated rings. The zero-order valence-electron chi connectivity index (χ0n) is 10.4. The van der Waals surface area contributed by atoms with Crippen molar-refractivity contribution in [2.75, 3.05) is 11.1 Å². The van der Waals surface area contributed by atoms with Crippen LogP contribution in [0.25, 0.3) is 0 Å².